The van der Waals surface area contributed by atoms with E-state index >= 15 is 0 Å². The molecule has 0 saturated carbocycles. The highest BCUT2D eigenvalue weighted by atomic mass is 35.5. The first kappa shape index (κ1) is 27.6. The van der Waals surface area contributed by atoms with E-state index in [0.29, 0.717) is 23.7 Å². The molecule has 0 radical (unpaired) electrons. The van der Waals surface area contributed by atoms with Crippen molar-refractivity contribution in [3.63, 3.8) is 0 Å². The third-order valence-corrected chi connectivity index (χ3v) is 7.57. The summed E-state index contributed by atoms with van der Waals surface area (Å²) in [5, 5.41) is 12.9. The molecule has 0 saturated heterocycles. The summed E-state index contributed by atoms with van der Waals surface area (Å²) in [6.45, 7) is 4.71. The molecule has 36 heavy (non-hydrogen) atoms. The zero-order chi connectivity index (χ0) is 26.3. The van der Waals surface area contributed by atoms with E-state index in [1.807, 2.05) is 18.2 Å². The van der Waals surface area contributed by atoms with Crippen molar-refractivity contribution < 1.29 is 22.7 Å². The van der Waals surface area contributed by atoms with E-state index in [-0.39, 0.29) is 27.9 Å². The molecule has 0 heterocycles. The molecule has 0 aliphatic rings. The summed E-state index contributed by atoms with van der Waals surface area (Å²) >= 11 is 5.76. The van der Waals surface area contributed by atoms with Crippen LogP contribution in [-0.2, 0) is 16.6 Å². The Hall–Kier alpha value is -2.94. The Morgan fingerprint density at radius 1 is 1.03 bits per heavy atom. The summed E-state index contributed by atoms with van der Waals surface area (Å²) in [7, 11) is -4.02. The number of nitrogens with one attached hydrogen (secondary N) is 2. The number of halogens is 2. The van der Waals surface area contributed by atoms with Crippen molar-refractivity contribution in [1.82, 2.24) is 4.72 Å². The summed E-state index contributed by atoms with van der Waals surface area (Å²) in [5.41, 5.74) is 1.83. The van der Waals surface area contributed by atoms with Crippen molar-refractivity contribution in [1.29, 1.82) is 0 Å². The van der Waals surface area contributed by atoms with E-state index < -0.39 is 21.8 Å². The normalized spacial score (nSPS) is 12.5. The van der Waals surface area contributed by atoms with Gasteiger partial charge in [-0.3, -0.25) is 0 Å². The minimum atomic E-state index is -4.02. The molecular weight excluding hydrogens is 503 g/mol. The maximum atomic E-state index is 13.4. The number of carboxylic acids is 1. The Labute approximate surface area is 216 Å². The maximum absolute atomic E-state index is 13.4. The topological polar surface area (TPSA) is 95.5 Å². The second kappa shape index (κ2) is 12.3. The van der Waals surface area contributed by atoms with E-state index in [1.54, 1.807) is 0 Å². The van der Waals surface area contributed by atoms with Crippen LogP contribution in [0.25, 0.3) is 0 Å². The Morgan fingerprint density at radius 2 is 1.75 bits per heavy atom. The number of hydrogen-bond donors (Lipinski definition) is 3. The van der Waals surface area contributed by atoms with Crippen LogP contribution in [0.2, 0.25) is 5.02 Å². The fraction of sp³-hybridized carbons (Fsp3) is 0.296. The predicted molar refractivity (Wildman–Crippen MR) is 141 cm³/mol. The number of sulfonamides is 1. The van der Waals surface area contributed by atoms with Crippen molar-refractivity contribution >= 4 is 33.3 Å². The summed E-state index contributed by atoms with van der Waals surface area (Å²) in [5.74, 6) is -1.13. The van der Waals surface area contributed by atoms with Crippen LogP contribution in [0.15, 0.2) is 71.6 Å². The largest absolute Gasteiger partial charge is 0.478 e. The summed E-state index contributed by atoms with van der Waals surface area (Å²) in [6.07, 6.45) is 1.95. The SMILES string of the molecule is CC(C)CCC(CNc1ccc(S(=O)(=O)NCc2ccc(F)c(Cl)c2)cc1C(=O)O)c1ccccc1. The zero-order valence-electron chi connectivity index (χ0n) is 20.2. The average molecular weight is 533 g/mol. The maximum Gasteiger partial charge on any atom is 0.337 e. The Balaban J connectivity index is 1.77. The van der Waals surface area contributed by atoms with E-state index in [9.17, 15) is 22.7 Å². The van der Waals surface area contributed by atoms with Gasteiger partial charge in [0.25, 0.3) is 0 Å². The van der Waals surface area contributed by atoms with Gasteiger partial charge >= 0.3 is 5.97 Å². The zero-order valence-corrected chi connectivity index (χ0v) is 21.7. The third kappa shape index (κ3) is 7.53. The first-order valence-corrected chi connectivity index (χ1v) is 13.5. The second-order valence-corrected chi connectivity index (χ2v) is 11.2. The lowest BCUT2D eigenvalue weighted by Crippen LogP contribution is -2.24. The Morgan fingerprint density at radius 3 is 2.39 bits per heavy atom. The van der Waals surface area contributed by atoms with Crippen LogP contribution in [-0.4, -0.2) is 26.0 Å². The van der Waals surface area contributed by atoms with Crippen LogP contribution >= 0.6 is 11.6 Å². The standard InChI is InChI=1S/C27H30ClFN2O4S/c1-18(2)8-10-21(20-6-4-3-5-7-20)17-30-26-13-11-22(15-23(26)27(32)33)36(34,35)31-16-19-9-12-25(29)24(28)14-19/h3-7,9,11-15,18,21,30-31H,8,10,16-17H2,1-2H3,(H,32,33). The van der Waals surface area contributed by atoms with Gasteiger partial charge in [0.2, 0.25) is 10.0 Å². The Kier molecular flexibility index (Phi) is 9.48. The lowest BCUT2D eigenvalue weighted by Gasteiger charge is -2.21. The summed E-state index contributed by atoms with van der Waals surface area (Å²) in [4.78, 5) is 11.8. The quantitative estimate of drug-likeness (QED) is 0.255. The van der Waals surface area contributed by atoms with Gasteiger partial charge < -0.3 is 10.4 Å². The monoisotopic (exact) mass is 532 g/mol. The van der Waals surface area contributed by atoms with Gasteiger partial charge in [0.15, 0.2) is 0 Å². The predicted octanol–water partition coefficient (Wildman–Crippen LogP) is 6.29. The number of rotatable bonds is 12. The summed E-state index contributed by atoms with van der Waals surface area (Å²) in [6, 6.07) is 17.9. The molecule has 3 N–H and O–H groups in total. The lowest BCUT2D eigenvalue weighted by atomic mass is 9.91. The van der Waals surface area contributed by atoms with E-state index in [0.717, 1.165) is 30.5 Å². The first-order chi connectivity index (χ1) is 17.1. The molecule has 0 aliphatic heterocycles. The highest BCUT2D eigenvalue weighted by Crippen LogP contribution is 2.27. The van der Waals surface area contributed by atoms with Gasteiger partial charge in [0.05, 0.1) is 15.5 Å². The number of benzene rings is 3. The molecule has 0 fully saturated rings. The van der Waals surface area contributed by atoms with Crippen molar-refractivity contribution in [2.75, 3.05) is 11.9 Å². The molecular formula is C27H30ClFN2O4S. The molecule has 6 nitrogen and oxygen atoms in total. The van der Waals surface area contributed by atoms with Crippen molar-refractivity contribution in [3.8, 4) is 0 Å². The van der Waals surface area contributed by atoms with Gasteiger partial charge in [0.1, 0.15) is 5.82 Å². The van der Waals surface area contributed by atoms with Gasteiger partial charge in [-0.15, -0.1) is 0 Å². The fourth-order valence-electron chi connectivity index (χ4n) is 3.81. The Bertz CT molecular complexity index is 1300. The molecule has 192 valence electrons. The number of anilines is 1. The molecule has 9 heteroatoms. The second-order valence-electron chi connectivity index (χ2n) is 9.05. The van der Waals surface area contributed by atoms with Crippen LogP contribution in [0.5, 0.6) is 0 Å². The average Bonchev–Trinajstić information content (AvgIpc) is 2.85. The number of hydrogen-bond acceptors (Lipinski definition) is 4. The van der Waals surface area contributed by atoms with Crippen molar-refractivity contribution in [2.45, 2.75) is 44.0 Å². The number of carbonyl (C=O) groups is 1. The molecule has 3 aromatic rings. The third-order valence-electron chi connectivity index (χ3n) is 5.88. The number of aromatic carboxylic acids is 1. The molecule has 3 rings (SSSR count). The molecule has 3 aromatic carbocycles. The molecule has 0 bridgehead atoms. The van der Waals surface area contributed by atoms with Gasteiger partial charge in [0, 0.05) is 24.7 Å². The summed E-state index contributed by atoms with van der Waals surface area (Å²) < 4.78 is 41.4. The molecule has 1 unspecified atom stereocenters. The minimum Gasteiger partial charge on any atom is -0.478 e. The van der Waals surface area contributed by atoms with Crippen molar-refractivity contribution in [3.05, 3.63) is 94.3 Å². The van der Waals surface area contributed by atoms with Crippen LogP contribution in [0.3, 0.4) is 0 Å². The molecule has 0 amide bonds. The van der Waals surface area contributed by atoms with Gasteiger partial charge in [-0.1, -0.05) is 68.3 Å². The molecule has 1 atom stereocenters. The lowest BCUT2D eigenvalue weighted by molar-refractivity contribution is 0.0697. The van der Waals surface area contributed by atoms with Crippen LogP contribution < -0.4 is 10.0 Å². The molecule has 0 aliphatic carbocycles. The smallest absolute Gasteiger partial charge is 0.337 e. The van der Waals surface area contributed by atoms with Crippen LogP contribution in [0.4, 0.5) is 10.1 Å². The van der Waals surface area contributed by atoms with Crippen molar-refractivity contribution in [2.24, 2.45) is 5.92 Å². The highest BCUT2D eigenvalue weighted by Gasteiger charge is 2.20. The van der Waals surface area contributed by atoms with Crippen LogP contribution in [0, 0.1) is 11.7 Å². The fourth-order valence-corrected chi connectivity index (χ4v) is 5.06. The van der Waals surface area contributed by atoms with E-state index in [2.05, 4.69) is 36.0 Å². The number of carboxylic acid groups (broad SMARTS) is 1. The highest BCUT2D eigenvalue weighted by molar-refractivity contribution is 7.89. The first-order valence-electron chi connectivity index (χ1n) is 11.7. The van der Waals surface area contributed by atoms with Gasteiger partial charge in [-0.25, -0.2) is 22.3 Å². The van der Waals surface area contributed by atoms with E-state index in [4.69, 9.17) is 11.6 Å². The molecule has 0 spiro atoms. The van der Waals surface area contributed by atoms with Crippen LogP contribution in [0.1, 0.15) is 54.1 Å². The minimum absolute atomic E-state index is 0.113. The van der Waals surface area contributed by atoms with Gasteiger partial charge in [-0.2, -0.15) is 0 Å². The van der Waals surface area contributed by atoms with Gasteiger partial charge in [-0.05, 0) is 53.8 Å². The molecule has 0 aromatic heterocycles. The van der Waals surface area contributed by atoms with E-state index in [1.165, 1.54) is 24.3 Å².